The van der Waals surface area contributed by atoms with Crippen molar-refractivity contribution in [1.82, 2.24) is 0 Å². The van der Waals surface area contributed by atoms with Gasteiger partial charge in [-0.3, -0.25) is 0 Å². The van der Waals surface area contributed by atoms with Crippen LogP contribution in [0.5, 0.6) is 0 Å². The SMILES string of the molecule is Cc1ccc(-c2sc(-c3ccc(C)cc3)c3c2C=CC3)cc1. The van der Waals surface area contributed by atoms with E-state index in [1.807, 2.05) is 11.3 Å². The number of hydrogen-bond donors (Lipinski definition) is 0. The molecule has 0 fully saturated rings. The second-order valence-corrected chi connectivity index (χ2v) is 7.01. The van der Waals surface area contributed by atoms with Gasteiger partial charge in [0, 0.05) is 9.75 Å². The molecule has 0 unspecified atom stereocenters. The quantitative estimate of drug-likeness (QED) is 0.523. The van der Waals surface area contributed by atoms with Gasteiger partial charge in [0.1, 0.15) is 0 Å². The van der Waals surface area contributed by atoms with E-state index in [9.17, 15) is 0 Å². The molecule has 0 aliphatic heterocycles. The number of thiophene rings is 1. The van der Waals surface area contributed by atoms with Crippen molar-refractivity contribution in [1.29, 1.82) is 0 Å². The van der Waals surface area contributed by atoms with Crippen molar-refractivity contribution in [3.8, 4) is 20.9 Å². The smallest absolute Gasteiger partial charge is 0.0424 e. The Hall–Kier alpha value is -2.12. The fourth-order valence-electron chi connectivity index (χ4n) is 3.01. The normalized spacial score (nSPS) is 12.6. The van der Waals surface area contributed by atoms with Gasteiger partial charge in [0.05, 0.1) is 0 Å². The Morgan fingerprint density at radius 3 is 1.86 bits per heavy atom. The van der Waals surface area contributed by atoms with Crippen LogP contribution in [-0.2, 0) is 6.42 Å². The maximum absolute atomic E-state index is 2.29. The Morgan fingerprint density at radius 1 is 0.727 bits per heavy atom. The van der Waals surface area contributed by atoms with Gasteiger partial charge >= 0.3 is 0 Å². The first-order chi connectivity index (χ1) is 10.7. The maximum atomic E-state index is 2.29. The molecular formula is C21H18S. The standard InChI is InChI=1S/C21H18S/c1-14-6-10-16(11-7-14)20-18-4-3-5-19(18)21(22-20)17-12-8-15(2)9-13-17/h3-4,6-13H,5H2,1-2H3. The van der Waals surface area contributed by atoms with E-state index in [1.165, 1.54) is 43.1 Å². The highest BCUT2D eigenvalue weighted by Gasteiger charge is 2.20. The molecule has 0 N–H and O–H groups in total. The first kappa shape index (κ1) is 13.5. The van der Waals surface area contributed by atoms with Gasteiger partial charge in [0.15, 0.2) is 0 Å². The molecule has 0 bridgehead atoms. The van der Waals surface area contributed by atoms with Gasteiger partial charge in [0.25, 0.3) is 0 Å². The van der Waals surface area contributed by atoms with E-state index in [0.29, 0.717) is 0 Å². The third-order valence-corrected chi connectivity index (χ3v) is 5.63. The molecular weight excluding hydrogens is 284 g/mol. The lowest BCUT2D eigenvalue weighted by Crippen LogP contribution is -1.82. The molecule has 3 aromatic rings. The van der Waals surface area contributed by atoms with Crippen LogP contribution >= 0.6 is 11.3 Å². The van der Waals surface area contributed by atoms with Crippen LogP contribution in [0.3, 0.4) is 0 Å². The van der Waals surface area contributed by atoms with E-state index in [1.54, 1.807) is 0 Å². The first-order valence-corrected chi connectivity index (χ1v) is 8.50. The average molecular weight is 302 g/mol. The molecule has 1 aliphatic rings. The van der Waals surface area contributed by atoms with Crippen molar-refractivity contribution in [2.24, 2.45) is 0 Å². The molecule has 4 rings (SSSR count). The molecule has 0 radical (unpaired) electrons. The molecule has 0 atom stereocenters. The summed E-state index contributed by atoms with van der Waals surface area (Å²) in [5.74, 6) is 0. The lowest BCUT2D eigenvalue weighted by Gasteiger charge is -2.01. The highest BCUT2D eigenvalue weighted by molar-refractivity contribution is 7.19. The lowest BCUT2D eigenvalue weighted by atomic mass is 10.0. The zero-order valence-corrected chi connectivity index (χ0v) is 13.7. The zero-order chi connectivity index (χ0) is 15.1. The molecule has 22 heavy (non-hydrogen) atoms. The highest BCUT2D eigenvalue weighted by Crippen LogP contribution is 2.45. The van der Waals surface area contributed by atoms with Crippen molar-refractivity contribution in [2.45, 2.75) is 20.3 Å². The van der Waals surface area contributed by atoms with Gasteiger partial charge in [0.2, 0.25) is 0 Å². The molecule has 108 valence electrons. The summed E-state index contributed by atoms with van der Waals surface area (Å²) in [6.45, 7) is 4.28. The van der Waals surface area contributed by atoms with Crippen LogP contribution in [-0.4, -0.2) is 0 Å². The molecule has 0 saturated heterocycles. The number of fused-ring (bicyclic) bond motifs is 1. The predicted molar refractivity (Wildman–Crippen MR) is 97.4 cm³/mol. The zero-order valence-electron chi connectivity index (χ0n) is 12.9. The van der Waals surface area contributed by atoms with Gasteiger partial charge in [-0.15, -0.1) is 11.3 Å². The lowest BCUT2D eigenvalue weighted by molar-refractivity contribution is 1.34. The van der Waals surface area contributed by atoms with Crippen molar-refractivity contribution < 1.29 is 0 Å². The summed E-state index contributed by atoms with van der Waals surface area (Å²) in [4.78, 5) is 2.83. The van der Waals surface area contributed by atoms with Crippen molar-refractivity contribution in [2.75, 3.05) is 0 Å². The van der Waals surface area contributed by atoms with Crippen molar-refractivity contribution in [3.05, 3.63) is 76.9 Å². The van der Waals surface area contributed by atoms with Crippen LogP contribution in [0.1, 0.15) is 22.3 Å². The fraction of sp³-hybridized carbons (Fsp3) is 0.143. The number of aryl methyl sites for hydroxylation is 2. The van der Waals surface area contributed by atoms with Gasteiger partial charge in [-0.2, -0.15) is 0 Å². The van der Waals surface area contributed by atoms with Crippen LogP contribution in [0.25, 0.3) is 27.0 Å². The summed E-state index contributed by atoms with van der Waals surface area (Å²) in [7, 11) is 0. The highest BCUT2D eigenvalue weighted by atomic mass is 32.1. The molecule has 1 heteroatoms. The summed E-state index contributed by atoms with van der Waals surface area (Å²) in [5, 5.41) is 0. The van der Waals surface area contributed by atoms with E-state index in [-0.39, 0.29) is 0 Å². The molecule has 0 saturated carbocycles. The second kappa shape index (κ2) is 5.26. The van der Waals surface area contributed by atoms with Gasteiger partial charge in [-0.05, 0) is 42.5 Å². The summed E-state index contributed by atoms with van der Waals surface area (Å²) in [6.07, 6.45) is 5.63. The summed E-state index contributed by atoms with van der Waals surface area (Å²) >= 11 is 1.93. The van der Waals surface area contributed by atoms with Crippen molar-refractivity contribution >= 4 is 17.4 Å². The number of allylic oxidation sites excluding steroid dienone is 1. The van der Waals surface area contributed by atoms with Crippen LogP contribution in [0.15, 0.2) is 54.6 Å². The molecule has 0 nitrogen and oxygen atoms in total. The minimum absolute atomic E-state index is 1.06. The molecule has 1 aliphatic carbocycles. The van der Waals surface area contributed by atoms with Crippen LogP contribution < -0.4 is 0 Å². The van der Waals surface area contributed by atoms with Crippen LogP contribution in [0.2, 0.25) is 0 Å². The van der Waals surface area contributed by atoms with E-state index >= 15 is 0 Å². The number of hydrogen-bond acceptors (Lipinski definition) is 1. The van der Waals surface area contributed by atoms with E-state index in [0.717, 1.165) is 6.42 Å². The summed E-state index contributed by atoms with van der Waals surface area (Å²) in [5.41, 5.74) is 8.21. The third-order valence-electron chi connectivity index (χ3n) is 4.28. The topological polar surface area (TPSA) is 0 Å². The van der Waals surface area contributed by atoms with E-state index in [2.05, 4.69) is 74.5 Å². The Bertz CT molecular complexity index is 846. The predicted octanol–water partition coefficient (Wildman–Crippen LogP) is 6.27. The Balaban J connectivity index is 1.87. The van der Waals surface area contributed by atoms with E-state index < -0.39 is 0 Å². The summed E-state index contributed by atoms with van der Waals surface area (Å²) in [6, 6.07) is 17.8. The van der Waals surface area contributed by atoms with Gasteiger partial charge in [-0.25, -0.2) is 0 Å². The molecule has 0 spiro atoms. The van der Waals surface area contributed by atoms with Crippen LogP contribution in [0.4, 0.5) is 0 Å². The maximum Gasteiger partial charge on any atom is 0.0424 e. The monoisotopic (exact) mass is 302 g/mol. The first-order valence-electron chi connectivity index (χ1n) is 7.68. The van der Waals surface area contributed by atoms with E-state index in [4.69, 9.17) is 0 Å². The van der Waals surface area contributed by atoms with Crippen molar-refractivity contribution in [3.63, 3.8) is 0 Å². The average Bonchev–Trinajstić information content (AvgIpc) is 3.12. The minimum Gasteiger partial charge on any atom is -0.134 e. The minimum atomic E-state index is 1.06. The molecule has 0 amide bonds. The molecule has 1 aromatic heterocycles. The fourth-order valence-corrected chi connectivity index (χ4v) is 4.34. The second-order valence-electron chi connectivity index (χ2n) is 5.99. The Kier molecular flexibility index (Phi) is 3.24. The third kappa shape index (κ3) is 2.22. The van der Waals surface area contributed by atoms with Gasteiger partial charge < -0.3 is 0 Å². The number of rotatable bonds is 2. The largest absolute Gasteiger partial charge is 0.134 e. The Morgan fingerprint density at radius 2 is 1.27 bits per heavy atom. The molecule has 2 aromatic carbocycles. The molecule has 1 heterocycles. The summed E-state index contributed by atoms with van der Waals surface area (Å²) < 4.78 is 0. The van der Waals surface area contributed by atoms with Crippen LogP contribution in [0, 0.1) is 13.8 Å². The van der Waals surface area contributed by atoms with Gasteiger partial charge in [-0.1, -0.05) is 71.8 Å². The number of benzene rings is 2. The Labute approximate surface area is 135 Å².